The number of ether oxygens (including phenoxy) is 1. The highest BCUT2D eigenvalue weighted by Gasteiger charge is 2.43. The molecule has 1 spiro atoms. The molecule has 2 aliphatic heterocycles. The molecule has 2 aliphatic rings. The normalized spacial score (nSPS) is 22.3. The maximum Gasteiger partial charge on any atom is 0.259 e. The Morgan fingerprint density at radius 3 is 2.88 bits per heavy atom. The molecule has 1 aromatic carbocycles. The quantitative estimate of drug-likeness (QED) is 0.771. The number of rotatable bonds is 2. The third kappa shape index (κ3) is 4.52. The highest BCUT2D eigenvalue weighted by Crippen LogP contribution is 2.37. The molecule has 1 N–H and O–H groups in total. The number of hydrogen-bond donors (Lipinski definition) is 1. The molecule has 2 aromatic rings. The van der Waals surface area contributed by atoms with Crippen LogP contribution in [-0.4, -0.2) is 48.1 Å². The van der Waals surface area contributed by atoms with Crippen LogP contribution < -0.4 is 10.1 Å². The van der Waals surface area contributed by atoms with Gasteiger partial charge in [-0.15, -0.1) is 0 Å². The largest absolute Gasteiger partial charge is 0.491 e. The number of likely N-dealkylation sites (tertiary alicyclic amines) is 1. The third-order valence-corrected chi connectivity index (χ3v) is 6.80. The van der Waals surface area contributed by atoms with Gasteiger partial charge in [0, 0.05) is 13.1 Å². The standard InChI is InChI=1S/C25H33N3O4/c1-3-20-22(18(2)32-27-20)23(29)28-15-8-13-25(17-28)12-7-6-10-19-9-4-5-11-21(19)31-16-14-26-24(25)30/h4-5,9,11H,3,6-8,10,12-17H2,1-2H3,(H,26,30). The molecule has 7 heteroatoms. The number of aryl methyl sites for hydroxylation is 3. The Hall–Kier alpha value is -2.83. The lowest BCUT2D eigenvalue weighted by Gasteiger charge is -2.42. The number of para-hydroxylation sites is 1. The zero-order valence-corrected chi connectivity index (χ0v) is 19.1. The fourth-order valence-electron chi connectivity index (χ4n) is 5.04. The Labute approximate surface area is 189 Å². The minimum absolute atomic E-state index is 0.0326. The molecule has 1 saturated heterocycles. The van der Waals surface area contributed by atoms with Gasteiger partial charge in [-0.3, -0.25) is 9.59 Å². The monoisotopic (exact) mass is 439 g/mol. The highest BCUT2D eigenvalue weighted by atomic mass is 16.5. The van der Waals surface area contributed by atoms with E-state index >= 15 is 0 Å². The Morgan fingerprint density at radius 1 is 1.22 bits per heavy atom. The van der Waals surface area contributed by atoms with Crippen molar-refractivity contribution in [2.75, 3.05) is 26.2 Å². The van der Waals surface area contributed by atoms with E-state index in [-0.39, 0.29) is 11.8 Å². The Balaban J connectivity index is 1.52. The minimum Gasteiger partial charge on any atom is -0.491 e. The van der Waals surface area contributed by atoms with E-state index in [4.69, 9.17) is 9.26 Å². The first-order valence-electron chi connectivity index (χ1n) is 11.8. The van der Waals surface area contributed by atoms with Gasteiger partial charge in [0.2, 0.25) is 5.91 Å². The molecule has 7 nitrogen and oxygen atoms in total. The first kappa shape index (κ1) is 22.4. The molecule has 1 aromatic heterocycles. The van der Waals surface area contributed by atoms with Crippen LogP contribution in [-0.2, 0) is 17.6 Å². The summed E-state index contributed by atoms with van der Waals surface area (Å²) in [5.41, 5.74) is 1.89. The van der Waals surface area contributed by atoms with Crippen LogP contribution in [0.5, 0.6) is 5.75 Å². The van der Waals surface area contributed by atoms with Gasteiger partial charge >= 0.3 is 0 Å². The number of hydrogen-bond acceptors (Lipinski definition) is 5. The van der Waals surface area contributed by atoms with Gasteiger partial charge in [-0.05, 0) is 57.1 Å². The molecular weight excluding hydrogens is 406 g/mol. The van der Waals surface area contributed by atoms with Gasteiger partial charge in [-0.2, -0.15) is 0 Å². The number of fused-ring (bicyclic) bond motifs is 1. The second-order valence-electron chi connectivity index (χ2n) is 8.94. The molecule has 2 amide bonds. The average Bonchev–Trinajstić information content (AvgIpc) is 3.19. The van der Waals surface area contributed by atoms with Gasteiger partial charge < -0.3 is 19.5 Å². The van der Waals surface area contributed by atoms with Gasteiger partial charge in [0.25, 0.3) is 5.91 Å². The van der Waals surface area contributed by atoms with E-state index in [1.54, 1.807) is 6.92 Å². The smallest absolute Gasteiger partial charge is 0.259 e. The number of amides is 2. The molecule has 1 unspecified atom stereocenters. The summed E-state index contributed by atoms with van der Waals surface area (Å²) in [4.78, 5) is 28.6. The first-order valence-corrected chi connectivity index (χ1v) is 11.8. The predicted octanol–water partition coefficient (Wildman–Crippen LogP) is 3.69. The van der Waals surface area contributed by atoms with Crippen molar-refractivity contribution in [3.8, 4) is 5.75 Å². The molecule has 1 atom stereocenters. The van der Waals surface area contributed by atoms with Crippen molar-refractivity contribution in [3.63, 3.8) is 0 Å². The summed E-state index contributed by atoms with van der Waals surface area (Å²) in [6.45, 7) is 5.71. The Bertz CT molecular complexity index is 970. The van der Waals surface area contributed by atoms with Crippen molar-refractivity contribution in [1.29, 1.82) is 0 Å². The number of carbonyl (C=O) groups is 2. The minimum atomic E-state index is -0.565. The SMILES string of the molecule is CCc1noc(C)c1C(=O)N1CCCC2(CCCCc3ccccc3OCCNC2=O)C1. The molecule has 0 radical (unpaired) electrons. The number of aromatic nitrogens is 1. The van der Waals surface area contributed by atoms with Gasteiger partial charge in [0.15, 0.2) is 0 Å². The lowest BCUT2D eigenvalue weighted by Crippen LogP contribution is -2.54. The van der Waals surface area contributed by atoms with Crippen molar-refractivity contribution in [2.24, 2.45) is 5.41 Å². The lowest BCUT2D eigenvalue weighted by molar-refractivity contribution is -0.134. The number of nitrogens with zero attached hydrogens (tertiary/aromatic N) is 2. The second-order valence-corrected chi connectivity index (χ2v) is 8.94. The molecule has 0 aliphatic carbocycles. The second kappa shape index (κ2) is 9.76. The summed E-state index contributed by atoms with van der Waals surface area (Å²) in [5.74, 6) is 1.41. The van der Waals surface area contributed by atoms with Crippen LogP contribution in [0.15, 0.2) is 28.8 Å². The van der Waals surface area contributed by atoms with E-state index in [0.717, 1.165) is 44.3 Å². The van der Waals surface area contributed by atoms with Crippen LogP contribution >= 0.6 is 0 Å². The summed E-state index contributed by atoms with van der Waals surface area (Å²) in [5, 5.41) is 7.13. The molecule has 0 bridgehead atoms. The van der Waals surface area contributed by atoms with Gasteiger partial charge in [-0.25, -0.2) is 0 Å². The maximum atomic E-state index is 13.4. The van der Waals surface area contributed by atoms with Crippen molar-refractivity contribution in [1.82, 2.24) is 15.4 Å². The zero-order chi connectivity index (χ0) is 22.6. The van der Waals surface area contributed by atoms with Crippen LogP contribution in [0.25, 0.3) is 0 Å². The molecule has 172 valence electrons. The van der Waals surface area contributed by atoms with Crippen molar-refractivity contribution >= 4 is 11.8 Å². The van der Waals surface area contributed by atoms with E-state index < -0.39 is 5.41 Å². The first-order chi connectivity index (χ1) is 15.5. The van der Waals surface area contributed by atoms with Crippen LogP contribution in [0.4, 0.5) is 0 Å². The Morgan fingerprint density at radius 2 is 2.03 bits per heavy atom. The molecule has 3 heterocycles. The average molecular weight is 440 g/mol. The molecule has 4 rings (SSSR count). The van der Waals surface area contributed by atoms with Crippen molar-refractivity contribution in [2.45, 2.75) is 58.8 Å². The van der Waals surface area contributed by atoms with Gasteiger partial charge in [0.1, 0.15) is 23.7 Å². The Kier molecular flexibility index (Phi) is 6.82. The summed E-state index contributed by atoms with van der Waals surface area (Å²) in [7, 11) is 0. The predicted molar refractivity (Wildman–Crippen MR) is 121 cm³/mol. The number of nitrogens with one attached hydrogen (secondary N) is 1. The van der Waals surface area contributed by atoms with E-state index in [0.29, 0.717) is 49.7 Å². The van der Waals surface area contributed by atoms with E-state index in [1.165, 1.54) is 5.56 Å². The number of piperidine rings is 1. The summed E-state index contributed by atoms with van der Waals surface area (Å²) >= 11 is 0. The molecule has 0 saturated carbocycles. The topological polar surface area (TPSA) is 84.7 Å². The van der Waals surface area contributed by atoms with E-state index in [2.05, 4.69) is 16.5 Å². The fraction of sp³-hybridized carbons (Fsp3) is 0.560. The van der Waals surface area contributed by atoms with Crippen LogP contribution in [0.3, 0.4) is 0 Å². The maximum absolute atomic E-state index is 13.4. The van der Waals surface area contributed by atoms with Crippen LogP contribution in [0, 0.1) is 12.3 Å². The molecular formula is C25H33N3O4. The molecule has 1 fully saturated rings. The number of carbonyl (C=O) groups excluding carboxylic acids is 2. The van der Waals surface area contributed by atoms with Gasteiger partial charge in [0.05, 0.1) is 17.7 Å². The third-order valence-electron chi connectivity index (χ3n) is 6.80. The van der Waals surface area contributed by atoms with Crippen molar-refractivity contribution < 1.29 is 18.8 Å². The lowest BCUT2D eigenvalue weighted by atomic mass is 9.74. The summed E-state index contributed by atoms with van der Waals surface area (Å²) in [6, 6.07) is 8.13. The molecule has 32 heavy (non-hydrogen) atoms. The van der Waals surface area contributed by atoms with Crippen LogP contribution in [0.2, 0.25) is 0 Å². The van der Waals surface area contributed by atoms with Crippen LogP contribution in [0.1, 0.15) is 66.4 Å². The zero-order valence-electron chi connectivity index (χ0n) is 19.1. The van der Waals surface area contributed by atoms with Crippen molar-refractivity contribution in [3.05, 3.63) is 46.8 Å². The summed E-state index contributed by atoms with van der Waals surface area (Å²) < 4.78 is 11.2. The number of benzene rings is 1. The van der Waals surface area contributed by atoms with E-state index in [9.17, 15) is 9.59 Å². The summed E-state index contributed by atoms with van der Waals surface area (Å²) in [6.07, 6.45) is 5.85. The fourth-order valence-corrected chi connectivity index (χ4v) is 5.04. The highest BCUT2D eigenvalue weighted by molar-refractivity contribution is 5.97. The van der Waals surface area contributed by atoms with E-state index in [1.807, 2.05) is 30.0 Å². The van der Waals surface area contributed by atoms with Gasteiger partial charge in [-0.1, -0.05) is 36.7 Å².